The minimum atomic E-state index is 0.811. The second-order valence-electron chi connectivity index (χ2n) is 5.16. The van der Waals surface area contributed by atoms with Crippen LogP contribution in [0.2, 0.25) is 0 Å². The van der Waals surface area contributed by atoms with Crippen LogP contribution in [0.25, 0.3) is 33.3 Å². The summed E-state index contributed by atoms with van der Waals surface area (Å²) in [5.41, 5.74) is 5.84. The van der Waals surface area contributed by atoms with E-state index in [1.54, 1.807) is 12.4 Å². The highest BCUT2D eigenvalue weighted by Gasteiger charge is 2.20. The van der Waals surface area contributed by atoms with E-state index in [9.17, 15) is 0 Å². The number of hydrogen-bond donors (Lipinski definition) is 0. The summed E-state index contributed by atoms with van der Waals surface area (Å²) in [4.78, 5) is 8.69. The first-order chi connectivity index (χ1) is 10.3. The molecule has 0 fully saturated rings. The first-order valence-electron chi connectivity index (χ1n) is 6.82. The topological polar surface area (TPSA) is 42.8 Å². The molecular weight excluding hydrogens is 262 g/mol. The van der Waals surface area contributed by atoms with Crippen molar-refractivity contribution in [1.82, 2.24) is 9.97 Å². The Morgan fingerprint density at radius 1 is 1.14 bits per heavy atom. The molecule has 0 bridgehead atoms. The van der Waals surface area contributed by atoms with E-state index in [4.69, 9.17) is 4.42 Å². The van der Waals surface area contributed by atoms with Crippen molar-refractivity contribution in [2.75, 3.05) is 0 Å². The lowest BCUT2D eigenvalue weighted by atomic mass is 10.0. The van der Waals surface area contributed by atoms with Gasteiger partial charge in [-0.2, -0.15) is 4.57 Å². The molecule has 0 aliphatic rings. The summed E-state index contributed by atoms with van der Waals surface area (Å²) in [7, 11) is 2.01. The third-order valence-corrected chi connectivity index (χ3v) is 3.81. The molecule has 4 rings (SSSR count). The fourth-order valence-corrected chi connectivity index (χ4v) is 2.74. The largest absolute Gasteiger partial charge is 0.453 e. The Morgan fingerprint density at radius 3 is 2.90 bits per heavy atom. The van der Waals surface area contributed by atoms with Gasteiger partial charge in [-0.15, -0.1) is 0 Å². The summed E-state index contributed by atoms with van der Waals surface area (Å²) in [5.74, 6) is 0. The molecule has 0 aliphatic heterocycles. The van der Waals surface area contributed by atoms with Crippen molar-refractivity contribution in [2.45, 2.75) is 6.92 Å². The monoisotopic (exact) mass is 276 g/mol. The van der Waals surface area contributed by atoms with Gasteiger partial charge in [-0.25, -0.2) is 0 Å². The molecule has 0 aliphatic carbocycles. The smallest absolute Gasteiger partial charge is 0.234 e. The molecule has 3 aromatic heterocycles. The van der Waals surface area contributed by atoms with Crippen molar-refractivity contribution in [1.29, 1.82) is 0 Å². The molecule has 0 radical (unpaired) electrons. The Labute approximate surface area is 121 Å². The predicted octanol–water partition coefficient (Wildman–Crippen LogP) is 3.18. The molecule has 0 saturated carbocycles. The van der Waals surface area contributed by atoms with Crippen LogP contribution in [0.5, 0.6) is 0 Å². The normalized spacial score (nSPS) is 11.3. The van der Waals surface area contributed by atoms with Gasteiger partial charge >= 0.3 is 0 Å². The average Bonchev–Trinajstić information content (AvgIpc) is 2.87. The van der Waals surface area contributed by atoms with Gasteiger partial charge in [0.25, 0.3) is 0 Å². The molecule has 102 valence electrons. The Kier molecular flexibility index (Phi) is 2.51. The van der Waals surface area contributed by atoms with Crippen LogP contribution >= 0.6 is 0 Å². The lowest BCUT2D eigenvalue weighted by Gasteiger charge is -2.04. The summed E-state index contributed by atoms with van der Waals surface area (Å²) in [6.07, 6.45) is 7.37. The van der Waals surface area contributed by atoms with Crippen molar-refractivity contribution in [3.05, 3.63) is 54.6 Å². The molecule has 4 nitrogen and oxygen atoms in total. The molecule has 0 saturated heterocycles. The van der Waals surface area contributed by atoms with Crippen LogP contribution in [-0.4, -0.2) is 9.97 Å². The van der Waals surface area contributed by atoms with Crippen molar-refractivity contribution in [3.63, 3.8) is 0 Å². The third kappa shape index (κ3) is 1.72. The van der Waals surface area contributed by atoms with Gasteiger partial charge in [0.05, 0.1) is 18.0 Å². The zero-order valence-corrected chi connectivity index (χ0v) is 11.9. The van der Waals surface area contributed by atoms with Crippen LogP contribution in [0.15, 0.2) is 53.5 Å². The first-order valence-corrected chi connectivity index (χ1v) is 6.82. The van der Waals surface area contributed by atoms with E-state index < -0.39 is 0 Å². The fraction of sp³-hybridized carbons (Fsp3) is 0.118. The van der Waals surface area contributed by atoms with E-state index in [1.807, 2.05) is 31.6 Å². The van der Waals surface area contributed by atoms with Gasteiger partial charge in [-0.3, -0.25) is 9.97 Å². The second kappa shape index (κ2) is 4.38. The number of hydrogen-bond acceptors (Lipinski definition) is 3. The molecule has 4 heteroatoms. The minimum Gasteiger partial charge on any atom is -0.453 e. The molecule has 0 unspecified atom stereocenters. The Bertz CT molecular complexity index is 972. The van der Waals surface area contributed by atoms with E-state index in [-0.39, 0.29) is 0 Å². The maximum absolute atomic E-state index is 6.07. The lowest BCUT2D eigenvalue weighted by Crippen LogP contribution is -2.30. The fourth-order valence-electron chi connectivity index (χ4n) is 2.74. The van der Waals surface area contributed by atoms with Gasteiger partial charge in [0.2, 0.25) is 5.69 Å². The summed E-state index contributed by atoms with van der Waals surface area (Å²) < 4.78 is 8.12. The van der Waals surface area contributed by atoms with Crippen molar-refractivity contribution < 1.29 is 8.98 Å². The van der Waals surface area contributed by atoms with Crippen LogP contribution in [0, 0.1) is 6.92 Å². The predicted molar refractivity (Wildman–Crippen MR) is 80.7 cm³/mol. The second-order valence-corrected chi connectivity index (χ2v) is 5.16. The summed E-state index contributed by atoms with van der Waals surface area (Å²) >= 11 is 0. The molecule has 0 spiro atoms. The summed E-state index contributed by atoms with van der Waals surface area (Å²) in [6, 6.07) is 8.02. The zero-order valence-electron chi connectivity index (χ0n) is 11.9. The summed E-state index contributed by atoms with van der Waals surface area (Å²) in [5, 5.41) is 1.04. The Balaban J connectivity index is 2.18. The van der Waals surface area contributed by atoms with E-state index in [2.05, 4.69) is 33.6 Å². The Hall–Kier alpha value is -2.75. The van der Waals surface area contributed by atoms with Gasteiger partial charge in [0, 0.05) is 11.6 Å². The molecule has 0 N–H and O–H groups in total. The maximum atomic E-state index is 6.07. The van der Waals surface area contributed by atoms with E-state index in [1.165, 1.54) is 0 Å². The molecule has 0 atom stereocenters. The standard InChI is InChI=1S/C17H14N3O/c1-11-5-6-12-16-14(4-3-7-19-16)21-17(12)15(11)13-10-18-8-9-20(13)2/h3-10H,1-2H3/q+1. The quantitative estimate of drug-likeness (QED) is 0.501. The maximum Gasteiger partial charge on any atom is 0.234 e. The molecule has 3 heterocycles. The van der Waals surface area contributed by atoms with Gasteiger partial charge < -0.3 is 4.42 Å². The number of aromatic nitrogens is 3. The number of furan rings is 1. The first kappa shape index (κ1) is 12.0. The molecular formula is C17H14N3O+. The average molecular weight is 276 g/mol. The van der Waals surface area contributed by atoms with Crippen molar-refractivity contribution in [3.8, 4) is 11.3 Å². The lowest BCUT2D eigenvalue weighted by molar-refractivity contribution is -0.660. The van der Waals surface area contributed by atoms with Crippen LogP contribution in [0.3, 0.4) is 0 Å². The summed E-state index contributed by atoms with van der Waals surface area (Å²) in [6.45, 7) is 2.09. The van der Waals surface area contributed by atoms with Crippen LogP contribution in [0.1, 0.15) is 5.56 Å². The van der Waals surface area contributed by atoms with E-state index >= 15 is 0 Å². The van der Waals surface area contributed by atoms with Crippen LogP contribution in [0.4, 0.5) is 0 Å². The molecule has 4 aromatic rings. The molecule has 0 amide bonds. The molecule has 1 aromatic carbocycles. The number of fused-ring (bicyclic) bond motifs is 3. The van der Waals surface area contributed by atoms with Crippen LogP contribution < -0.4 is 4.57 Å². The van der Waals surface area contributed by atoms with Gasteiger partial charge in [0.15, 0.2) is 17.4 Å². The number of benzene rings is 1. The van der Waals surface area contributed by atoms with Gasteiger partial charge in [0.1, 0.15) is 12.6 Å². The number of nitrogens with zero attached hydrogens (tertiary/aromatic N) is 3. The highest BCUT2D eigenvalue weighted by Crippen LogP contribution is 2.35. The van der Waals surface area contributed by atoms with Crippen LogP contribution in [-0.2, 0) is 7.05 Å². The van der Waals surface area contributed by atoms with Gasteiger partial charge in [-0.1, -0.05) is 6.07 Å². The SMILES string of the molecule is Cc1ccc2c(oc3cccnc32)c1-c1cncc[n+]1C. The van der Waals surface area contributed by atoms with E-state index in [0.29, 0.717) is 0 Å². The number of pyridine rings is 1. The zero-order chi connectivity index (χ0) is 14.4. The van der Waals surface area contributed by atoms with Gasteiger partial charge in [-0.05, 0) is 30.7 Å². The molecule has 21 heavy (non-hydrogen) atoms. The van der Waals surface area contributed by atoms with Crippen molar-refractivity contribution >= 4 is 22.1 Å². The third-order valence-electron chi connectivity index (χ3n) is 3.81. The number of rotatable bonds is 1. The number of aryl methyl sites for hydroxylation is 2. The Morgan fingerprint density at radius 2 is 2.05 bits per heavy atom. The minimum absolute atomic E-state index is 0.811. The highest BCUT2D eigenvalue weighted by molar-refractivity contribution is 6.07. The highest BCUT2D eigenvalue weighted by atomic mass is 16.3. The van der Waals surface area contributed by atoms with Crippen molar-refractivity contribution in [2.24, 2.45) is 7.05 Å². The van der Waals surface area contributed by atoms with E-state index in [0.717, 1.165) is 38.9 Å².